The molecule has 0 aliphatic rings. The summed E-state index contributed by atoms with van der Waals surface area (Å²) in [6.45, 7) is 4.26. The SMILES string of the molecule is CCNC(=O)CNc1cc2n[nH]c(=O)n2c(C)n1. The fourth-order valence-corrected chi connectivity index (χ4v) is 1.62. The van der Waals surface area contributed by atoms with Crippen molar-refractivity contribution >= 4 is 17.4 Å². The predicted octanol–water partition coefficient (Wildman–Crippen LogP) is -0.726. The quantitative estimate of drug-likeness (QED) is 0.664. The minimum Gasteiger partial charge on any atom is -0.361 e. The highest BCUT2D eigenvalue weighted by Gasteiger charge is 2.07. The summed E-state index contributed by atoms with van der Waals surface area (Å²) in [5, 5.41) is 11.7. The molecule has 2 aromatic heterocycles. The third-order valence-electron chi connectivity index (χ3n) is 2.37. The van der Waals surface area contributed by atoms with Crippen molar-refractivity contribution in [1.82, 2.24) is 24.9 Å². The number of H-pyrrole nitrogens is 1. The van der Waals surface area contributed by atoms with Gasteiger partial charge in [0, 0.05) is 12.6 Å². The summed E-state index contributed by atoms with van der Waals surface area (Å²) in [7, 11) is 0. The standard InChI is InChI=1S/C10H14N6O2/c1-3-11-9(17)5-12-7-4-8-14-15-10(18)16(8)6(2)13-7/h4,12H,3,5H2,1-2H3,(H,11,17)(H,15,18). The third kappa shape index (κ3) is 2.31. The molecule has 1 amide bonds. The van der Waals surface area contributed by atoms with Gasteiger partial charge in [0.15, 0.2) is 5.65 Å². The first-order valence-corrected chi connectivity index (χ1v) is 5.57. The van der Waals surface area contributed by atoms with Crippen molar-refractivity contribution in [1.29, 1.82) is 0 Å². The summed E-state index contributed by atoms with van der Waals surface area (Å²) < 4.78 is 1.36. The van der Waals surface area contributed by atoms with Gasteiger partial charge in [-0.2, -0.15) is 5.10 Å². The first-order chi connectivity index (χ1) is 8.61. The van der Waals surface area contributed by atoms with Gasteiger partial charge in [-0.05, 0) is 13.8 Å². The Morgan fingerprint density at radius 3 is 3.06 bits per heavy atom. The van der Waals surface area contributed by atoms with E-state index in [1.54, 1.807) is 13.0 Å². The average molecular weight is 250 g/mol. The lowest BCUT2D eigenvalue weighted by Gasteiger charge is -2.06. The van der Waals surface area contributed by atoms with E-state index in [0.29, 0.717) is 23.8 Å². The predicted molar refractivity (Wildman–Crippen MR) is 65.5 cm³/mol. The smallest absolute Gasteiger partial charge is 0.349 e. The molecule has 0 radical (unpaired) electrons. The Morgan fingerprint density at radius 2 is 2.33 bits per heavy atom. The van der Waals surface area contributed by atoms with Crippen LogP contribution in [0.5, 0.6) is 0 Å². The fourth-order valence-electron chi connectivity index (χ4n) is 1.62. The van der Waals surface area contributed by atoms with Crippen LogP contribution in [0.15, 0.2) is 10.9 Å². The highest BCUT2D eigenvalue weighted by atomic mass is 16.2. The van der Waals surface area contributed by atoms with Crippen LogP contribution < -0.4 is 16.3 Å². The minimum atomic E-state index is -0.328. The number of aromatic amines is 1. The summed E-state index contributed by atoms with van der Waals surface area (Å²) in [5.41, 5.74) is 0.135. The van der Waals surface area contributed by atoms with Crippen molar-refractivity contribution in [2.45, 2.75) is 13.8 Å². The Labute approximate surface area is 102 Å². The number of hydrogen-bond donors (Lipinski definition) is 3. The van der Waals surface area contributed by atoms with Crippen LogP contribution in [0.4, 0.5) is 5.82 Å². The normalized spacial score (nSPS) is 10.6. The van der Waals surface area contributed by atoms with Crippen molar-refractivity contribution in [2.24, 2.45) is 0 Å². The van der Waals surface area contributed by atoms with Crippen LogP contribution in [-0.2, 0) is 4.79 Å². The summed E-state index contributed by atoms with van der Waals surface area (Å²) in [6, 6.07) is 1.60. The van der Waals surface area contributed by atoms with Crippen molar-refractivity contribution in [3.05, 3.63) is 22.4 Å². The second kappa shape index (κ2) is 4.86. The van der Waals surface area contributed by atoms with Crippen LogP contribution >= 0.6 is 0 Å². The minimum absolute atomic E-state index is 0.115. The topological polar surface area (TPSA) is 104 Å². The van der Waals surface area contributed by atoms with Gasteiger partial charge in [0.25, 0.3) is 0 Å². The average Bonchev–Trinajstić information content (AvgIpc) is 2.69. The molecular formula is C10H14N6O2. The molecule has 0 fully saturated rings. The van der Waals surface area contributed by atoms with E-state index in [1.807, 2.05) is 6.92 Å². The molecule has 0 aromatic carbocycles. The molecule has 0 aliphatic carbocycles. The molecule has 0 atom stereocenters. The fraction of sp³-hybridized carbons (Fsp3) is 0.400. The lowest BCUT2D eigenvalue weighted by atomic mass is 10.4. The second-order valence-corrected chi connectivity index (χ2v) is 3.72. The van der Waals surface area contributed by atoms with Gasteiger partial charge in [-0.15, -0.1) is 0 Å². The van der Waals surface area contributed by atoms with Crippen molar-refractivity contribution in [2.75, 3.05) is 18.4 Å². The van der Waals surface area contributed by atoms with E-state index < -0.39 is 0 Å². The Hall–Kier alpha value is -2.38. The van der Waals surface area contributed by atoms with Gasteiger partial charge >= 0.3 is 5.69 Å². The zero-order valence-electron chi connectivity index (χ0n) is 10.1. The molecule has 18 heavy (non-hydrogen) atoms. The molecule has 0 saturated carbocycles. The number of rotatable bonds is 4. The van der Waals surface area contributed by atoms with E-state index in [-0.39, 0.29) is 18.1 Å². The number of nitrogens with zero attached hydrogens (tertiary/aromatic N) is 3. The van der Waals surface area contributed by atoms with Crippen LogP contribution in [0.1, 0.15) is 12.7 Å². The van der Waals surface area contributed by atoms with E-state index in [2.05, 4.69) is 25.8 Å². The largest absolute Gasteiger partial charge is 0.361 e. The van der Waals surface area contributed by atoms with E-state index >= 15 is 0 Å². The van der Waals surface area contributed by atoms with Crippen molar-refractivity contribution in [3.63, 3.8) is 0 Å². The van der Waals surface area contributed by atoms with Gasteiger partial charge in [-0.1, -0.05) is 0 Å². The number of carbonyl (C=O) groups is 1. The summed E-state index contributed by atoms with van der Waals surface area (Å²) in [4.78, 5) is 26.9. The van der Waals surface area contributed by atoms with E-state index in [1.165, 1.54) is 4.40 Å². The lowest BCUT2D eigenvalue weighted by molar-refractivity contribution is -0.119. The first-order valence-electron chi connectivity index (χ1n) is 5.57. The van der Waals surface area contributed by atoms with Crippen LogP contribution in [-0.4, -0.2) is 38.6 Å². The number of fused-ring (bicyclic) bond motifs is 1. The van der Waals surface area contributed by atoms with Crippen LogP contribution in [0.2, 0.25) is 0 Å². The Bertz CT molecular complexity index is 629. The Kier molecular flexibility index (Phi) is 3.26. The van der Waals surface area contributed by atoms with Gasteiger partial charge in [-0.3, -0.25) is 4.79 Å². The number of hydrogen-bond acceptors (Lipinski definition) is 5. The van der Waals surface area contributed by atoms with Gasteiger partial charge in [0.1, 0.15) is 11.6 Å². The Balaban J connectivity index is 2.20. The number of amides is 1. The molecule has 2 rings (SSSR count). The maximum absolute atomic E-state index is 11.4. The zero-order chi connectivity index (χ0) is 13.1. The van der Waals surface area contributed by atoms with Crippen LogP contribution in [0.3, 0.4) is 0 Å². The van der Waals surface area contributed by atoms with Gasteiger partial charge in [0.05, 0.1) is 6.54 Å². The Morgan fingerprint density at radius 1 is 1.56 bits per heavy atom. The summed E-state index contributed by atoms with van der Waals surface area (Å²) in [5.74, 6) is 0.895. The molecule has 0 unspecified atom stereocenters. The van der Waals surface area contributed by atoms with Crippen LogP contribution in [0, 0.1) is 6.92 Å². The molecule has 2 heterocycles. The van der Waals surface area contributed by atoms with E-state index in [9.17, 15) is 9.59 Å². The zero-order valence-corrected chi connectivity index (χ0v) is 10.1. The van der Waals surface area contributed by atoms with Crippen molar-refractivity contribution in [3.8, 4) is 0 Å². The number of carbonyl (C=O) groups excluding carboxylic acids is 1. The number of nitrogens with one attached hydrogen (secondary N) is 3. The monoisotopic (exact) mass is 250 g/mol. The maximum Gasteiger partial charge on any atom is 0.349 e. The molecule has 0 aliphatic heterocycles. The molecular weight excluding hydrogens is 236 g/mol. The highest BCUT2D eigenvalue weighted by molar-refractivity contribution is 5.80. The third-order valence-corrected chi connectivity index (χ3v) is 2.37. The van der Waals surface area contributed by atoms with E-state index in [0.717, 1.165) is 0 Å². The summed E-state index contributed by atoms with van der Waals surface area (Å²) in [6.07, 6.45) is 0. The number of likely N-dealkylation sites (N-methyl/N-ethyl adjacent to an activating group) is 1. The molecule has 0 bridgehead atoms. The highest BCUT2D eigenvalue weighted by Crippen LogP contribution is 2.07. The lowest BCUT2D eigenvalue weighted by Crippen LogP contribution is -2.29. The van der Waals surface area contributed by atoms with Gasteiger partial charge < -0.3 is 10.6 Å². The van der Waals surface area contributed by atoms with Crippen molar-refractivity contribution < 1.29 is 4.79 Å². The summed E-state index contributed by atoms with van der Waals surface area (Å²) >= 11 is 0. The number of aromatic nitrogens is 4. The molecule has 8 heteroatoms. The molecule has 0 saturated heterocycles. The molecule has 0 spiro atoms. The molecule has 96 valence electrons. The molecule has 3 N–H and O–H groups in total. The maximum atomic E-state index is 11.4. The van der Waals surface area contributed by atoms with Gasteiger partial charge in [-0.25, -0.2) is 19.3 Å². The first kappa shape index (κ1) is 12.1. The van der Waals surface area contributed by atoms with E-state index in [4.69, 9.17) is 0 Å². The molecule has 2 aromatic rings. The van der Waals surface area contributed by atoms with Gasteiger partial charge in [0.2, 0.25) is 5.91 Å². The molecule has 8 nitrogen and oxygen atoms in total. The van der Waals surface area contributed by atoms with Crippen LogP contribution in [0.25, 0.3) is 5.65 Å². The second-order valence-electron chi connectivity index (χ2n) is 3.72. The number of aryl methyl sites for hydroxylation is 1. The number of anilines is 1.